The molecule has 1 aliphatic carbocycles. The quantitative estimate of drug-likeness (QED) is 0.723. The van der Waals surface area contributed by atoms with Crippen molar-refractivity contribution in [3.05, 3.63) is 23.5 Å². The van der Waals surface area contributed by atoms with Gasteiger partial charge in [-0.15, -0.1) is 0 Å². The number of aliphatic hydroxyl groups is 1. The summed E-state index contributed by atoms with van der Waals surface area (Å²) in [7, 11) is 0. The molecule has 0 atom stereocenters. The summed E-state index contributed by atoms with van der Waals surface area (Å²) in [5.74, 6) is -0.368. The zero-order valence-corrected chi connectivity index (χ0v) is 11.2. The van der Waals surface area contributed by atoms with Gasteiger partial charge in [-0.2, -0.15) is 0 Å². The van der Waals surface area contributed by atoms with Gasteiger partial charge in [-0.25, -0.2) is 0 Å². The van der Waals surface area contributed by atoms with Crippen molar-refractivity contribution in [2.45, 2.75) is 44.6 Å². The van der Waals surface area contributed by atoms with Gasteiger partial charge in [0, 0.05) is 18.3 Å². The van der Waals surface area contributed by atoms with Crippen LogP contribution >= 0.6 is 0 Å². The fraction of sp³-hybridized carbons (Fsp3) is 0.571. The summed E-state index contributed by atoms with van der Waals surface area (Å²) in [5, 5.41) is 13.0. The van der Waals surface area contributed by atoms with E-state index in [1.54, 1.807) is 0 Å². The standard InChI is InChI=1S/C14H20N2O3/c1-10(17)11-7-12(15-8-11)13(18)16-9-14(19)5-3-2-4-6-14/h7-8,15,19H,2-6,9H2,1H3,(H,16,18). The maximum Gasteiger partial charge on any atom is 0.267 e. The minimum atomic E-state index is -0.774. The molecule has 2 rings (SSSR count). The maximum atomic E-state index is 11.9. The van der Waals surface area contributed by atoms with E-state index < -0.39 is 5.60 Å². The third-order valence-electron chi connectivity index (χ3n) is 3.70. The molecule has 5 heteroatoms. The zero-order valence-electron chi connectivity index (χ0n) is 11.2. The molecule has 1 fully saturated rings. The molecule has 1 saturated carbocycles. The molecule has 0 aromatic carbocycles. The Morgan fingerprint density at radius 2 is 2.05 bits per heavy atom. The van der Waals surface area contributed by atoms with Crippen molar-refractivity contribution in [3.63, 3.8) is 0 Å². The van der Waals surface area contributed by atoms with E-state index in [0.717, 1.165) is 32.1 Å². The first kappa shape index (κ1) is 13.8. The number of ketones is 1. The summed E-state index contributed by atoms with van der Waals surface area (Å²) < 4.78 is 0. The van der Waals surface area contributed by atoms with Crippen molar-refractivity contribution in [2.75, 3.05) is 6.54 Å². The molecular formula is C14H20N2O3. The highest BCUT2D eigenvalue weighted by atomic mass is 16.3. The van der Waals surface area contributed by atoms with Gasteiger partial charge in [-0.05, 0) is 25.8 Å². The van der Waals surface area contributed by atoms with E-state index in [1.807, 2.05) is 0 Å². The summed E-state index contributed by atoms with van der Waals surface area (Å²) in [5.41, 5.74) is 0.0651. The van der Waals surface area contributed by atoms with Crippen molar-refractivity contribution in [1.82, 2.24) is 10.3 Å². The van der Waals surface area contributed by atoms with Crippen molar-refractivity contribution in [3.8, 4) is 0 Å². The van der Waals surface area contributed by atoms with Gasteiger partial charge >= 0.3 is 0 Å². The zero-order chi connectivity index (χ0) is 13.9. The van der Waals surface area contributed by atoms with E-state index in [1.165, 1.54) is 19.2 Å². The molecule has 1 aromatic rings. The molecule has 0 bridgehead atoms. The number of aromatic nitrogens is 1. The predicted octanol–water partition coefficient (Wildman–Crippen LogP) is 1.64. The van der Waals surface area contributed by atoms with Gasteiger partial charge in [0.25, 0.3) is 5.91 Å². The molecule has 0 saturated heterocycles. The Balaban J connectivity index is 1.91. The third kappa shape index (κ3) is 3.44. The van der Waals surface area contributed by atoms with Crippen molar-refractivity contribution < 1.29 is 14.7 Å². The second-order valence-corrected chi connectivity index (χ2v) is 5.33. The number of carbonyl (C=O) groups is 2. The van der Waals surface area contributed by atoms with Crippen LogP contribution in [0.15, 0.2) is 12.3 Å². The molecule has 19 heavy (non-hydrogen) atoms. The lowest BCUT2D eigenvalue weighted by molar-refractivity contribution is 0.00521. The van der Waals surface area contributed by atoms with Crippen LogP contribution in [0.2, 0.25) is 0 Å². The maximum absolute atomic E-state index is 11.9. The number of hydrogen-bond acceptors (Lipinski definition) is 3. The van der Waals surface area contributed by atoms with Gasteiger partial charge in [0.2, 0.25) is 0 Å². The van der Waals surface area contributed by atoms with Crippen LogP contribution in [0, 0.1) is 0 Å². The molecule has 1 aromatic heterocycles. The van der Waals surface area contributed by atoms with Crippen LogP contribution in [0.5, 0.6) is 0 Å². The number of Topliss-reactive ketones (excluding diaryl/α,β-unsaturated/α-hetero) is 1. The second kappa shape index (κ2) is 5.57. The number of aromatic amines is 1. The number of carbonyl (C=O) groups excluding carboxylic acids is 2. The van der Waals surface area contributed by atoms with Gasteiger partial charge in [0.15, 0.2) is 5.78 Å². The molecule has 0 unspecified atom stereocenters. The van der Waals surface area contributed by atoms with E-state index in [9.17, 15) is 14.7 Å². The third-order valence-corrected chi connectivity index (χ3v) is 3.70. The molecule has 3 N–H and O–H groups in total. The van der Waals surface area contributed by atoms with Crippen LogP contribution in [-0.2, 0) is 0 Å². The largest absolute Gasteiger partial charge is 0.388 e. The number of nitrogens with one attached hydrogen (secondary N) is 2. The highest BCUT2D eigenvalue weighted by molar-refractivity contribution is 5.99. The van der Waals surface area contributed by atoms with Crippen molar-refractivity contribution in [2.24, 2.45) is 0 Å². The Bertz CT molecular complexity index is 473. The predicted molar refractivity (Wildman–Crippen MR) is 71.2 cm³/mol. The lowest BCUT2D eigenvalue weighted by Gasteiger charge is -2.32. The summed E-state index contributed by atoms with van der Waals surface area (Å²) in [6.45, 7) is 1.72. The molecule has 0 spiro atoms. The number of amides is 1. The molecule has 104 valence electrons. The Hall–Kier alpha value is -1.62. The SMILES string of the molecule is CC(=O)c1c[nH]c(C(=O)NCC2(O)CCCCC2)c1. The monoisotopic (exact) mass is 264 g/mol. The molecule has 1 amide bonds. The normalized spacial score (nSPS) is 18.0. The molecule has 1 aliphatic rings. The van der Waals surface area contributed by atoms with E-state index >= 15 is 0 Å². The Labute approximate surface area is 112 Å². The summed E-state index contributed by atoms with van der Waals surface area (Å²) in [4.78, 5) is 25.8. The number of rotatable bonds is 4. The van der Waals surface area contributed by atoms with Crippen LogP contribution < -0.4 is 5.32 Å². The highest BCUT2D eigenvalue weighted by Gasteiger charge is 2.29. The smallest absolute Gasteiger partial charge is 0.267 e. The first-order chi connectivity index (χ1) is 9.00. The van der Waals surface area contributed by atoms with Gasteiger partial charge in [0.05, 0.1) is 5.60 Å². The molecule has 0 aliphatic heterocycles. The van der Waals surface area contributed by atoms with E-state index in [0.29, 0.717) is 11.3 Å². The average Bonchev–Trinajstić information content (AvgIpc) is 2.87. The van der Waals surface area contributed by atoms with E-state index in [-0.39, 0.29) is 18.2 Å². The fourth-order valence-corrected chi connectivity index (χ4v) is 2.46. The Morgan fingerprint density at radius 3 is 2.63 bits per heavy atom. The van der Waals surface area contributed by atoms with E-state index in [2.05, 4.69) is 10.3 Å². The molecular weight excluding hydrogens is 244 g/mol. The lowest BCUT2D eigenvalue weighted by atomic mass is 9.85. The summed E-state index contributed by atoms with van der Waals surface area (Å²) in [6, 6.07) is 1.53. The minimum absolute atomic E-state index is 0.0822. The number of hydrogen-bond donors (Lipinski definition) is 3. The van der Waals surface area contributed by atoms with Gasteiger partial charge < -0.3 is 15.4 Å². The van der Waals surface area contributed by atoms with Crippen LogP contribution in [0.3, 0.4) is 0 Å². The summed E-state index contributed by atoms with van der Waals surface area (Å²) >= 11 is 0. The molecule has 0 radical (unpaired) electrons. The van der Waals surface area contributed by atoms with Gasteiger partial charge in [-0.3, -0.25) is 9.59 Å². The molecule has 5 nitrogen and oxygen atoms in total. The summed E-state index contributed by atoms with van der Waals surface area (Å²) in [6.07, 6.45) is 6.14. The van der Waals surface area contributed by atoms with Crippen molar-refractivity contribution in [1.29, 1.82) is 0 Å². The van der Waals surface area contributed by atoms with Crippen LogP contribution in [0.1, 0.15) is 59.9 Å². The lowest BCUT2D eigenvalue weighted by Crippen LogP contribution is -2.44. The first-order valence-electron chi connectivity index (χ1n) is 6.70. The highest BCUT2D eigenvalue weighted by Crippen LogP contribution is 2.27. The minimum Gasteiger partial charge on any atom is -0.388 e. The molecule has 1 heterocycles. The first-order valence-corrected chi connectivity index (χ1v) is 6.70. The van der Waals surface area contributed by atoms with Crippen LogP contribution in [-0.4, -0.2) is 33.9 Å². The Kier molecular flexibility index (Phi) is 4.04. The average molecular weight is 264 g/mol. The van der Waals surface area contributed by atoms with Gasteiger partial charge in [-0.1, -0.05) is 19.3 Å². The topological polar surface area (TPSA) is 82.2 Å². The second-order valence-electron chi connectivity index (χ2n) is 5.33. The van der Waals surface area contributed by atoms with Crippen molar-refractivity contribution >= 4 is 11.7 Å². The number of H-pyrrole nitrogens is 1. The van der Waals surface area contributed by atoms with Crippen LogP contribution in [0.4, 0.5) is 0 Å². The van der Waals surface area contributed by atoms with Crippen LogP contribution in [0.25, 0.3) is 0 Å². The fourth-order valence-electron chi connectivity index (χ4n) is 2.46. The van der Waals surface area contributed by atoms with E-state index in [4.69, 9.17) is 0 Å². The van der Waals surface area contributed by atoms with Gasteiger partial charge in [0.1, 0.15) is 5.69 Å². The Morgan fingerprint density at radius 1 is 1.37 bits per heavy atom.